The summed E-state index contributed by atoms with van der Waals surface area (Å²) in [4.78, 5) is 25.3. The van der Waals surface area contributed by atoms with Crippen molar-refractivity contribution in [2.75, 3.05) is 11.9 Å². The quantitative estimate of drug-likeness (QED) is 0.614. The predicted molar refractivity (Wildman–Crippen MR) is 84.4 cm³/mol. The first-order valence-corrected chi connectivity index (χ1v) is 7.12. The van der Waals surface area contributed by atoms with E-state index in [1.54, 1.807) is 12.4 Å². The molecule has 7 nitrogen and oxygen atoms in total. The molecule has 0 aliphatic rings. The first-order chi connectivity index (χ1) is 10.6. The van der Waals surface area contributed by atoms with Gasteiger partial charge >= 0.3 is 5.69 Å². The van der Waals surface area contributed by atoms with Crippen LogP contribution >= 0.6 is 0 Å². The minimum Gasteiger partial charge on any atom is -0.382 e. The van der Waals surface area contributed by atoms with Crippen LogP contribution in [0.25, 0.3) is 5.65 Å². The summed E-state index contributed by atoms with van der Waals surface area (Å²) in [5.41, 5.74) is 3.17. The lowest BCUT2D eigenvalue weighted by Gasteiger charge is -2.08. The maximum atomic E-state index is 11.6. The van der Waals surface area contributed by atoms with Gasteiger partial charge in [-0.25, -0.2) is 14.3 Å². The fraction of sp³-hybridized carbons (Fsp3) is 0.267. The van der Waals surface area contributed by atoms with Crippen LogP contribution in [0.1, 0.15) is 17.5 Å². The summed E-state index contributed by atoms with van der Waals surface area (Å²) in [5, 5.41) is 9.79. The van der Waals surface area contributed by atoms with Gasteiger partial charge in [0.25, 0.3) is 0 Å². The zero-order valence-electron chi connectivity index (χ0n) is 12.2. The third-order valence-corrected chi connectivity index (χ3v) is 3.46. The number of aryl methyl sites for hydroxylation is 2. The molecule has 3 aromatic rings. The molecule has 0 saturated carbocycles. The van der Waals surface area contributed by atoms with Gasteiger partial charge in [-0.05, 0) is 37.0 Å². The highest BCUT2D eigenvalue weighted by Crippen LogP contribution is 2.15. The molecule has 114 valence electrons. The van der Waals surface area contributed by atoms with Crippen molar-refractivity contribution in [3.05, 3.63) is 62.6 Å². The minimum atomic E-state index is -0.241. The molecule has 0 fully saturated rings. The second kappa shape index (κ2) is 5.88. The van der Waals surface area contributed by atoms with Gasteiger partial charge < -0.3 is 10.3 Å². The average Bonchev–Trinajstić information content (AvgIpc) is 2.87. The van der Waals surface area contributed by atoms with E-state index in [1.165, 1.54) is 10.5 Å². The van der Waals surface area contributed by atoms with Crippen LogP contribution < -0.4 is 16.6 Å². The van der Waals surface area contributed by atoms with Crippen LogP contribution in [0.3, 0.4) is 0 Å². The van der Waals surface area contributed by atoms with Crippen molar-refractivity contribution < 1.29 is 0 Å². The van der Waals surface area contributed by atoms with E-state index >= 15 is 0 Å². The van der Waals surface area contributed by atoms with Crippen molar-refractivity contribution in [2.24, 2.45) is 0 Å². The molecule has 0 saturated heterocycles. The van der Waals surface area contributed by atoms with Crippen molar-refractivity contribution in [3.63, 3.8) is 0 Å². The molecule has 0 bridgehead atoms. The number of hydrogen-bond donors (Lipinski definition) is 3. The Hall–Kier alpha value is -2.83. The summed E-state index contributed by atoms with van der Waals surface area (Å²) in [6.07, 6.45) is 5.26. The summed E-state index contributed by atoms with van der Waals surface area (Å²) < 4.78 is 1.50. The molecule has 0 aromatic carbocycles. The summed E-state index contributed by atoms with van der Waals surface area (Å²) in [5.74, 6) is 0. The normalized spacial score (nSPS) is 11.0. The zero-order valence-corrected chi connectivity index (χ0v) is 12.2. The van der Waals surface area contributed by atoms with Gasteiger partial charge in [0.05, 0.1) is 5.69 Å². The van der Waals surface area contributed by atoms with Crippen LogP contribution in [0.5, 0.6) is 0 Å². The van der Waals surface area contributed by atoms with Gasteiger partial charge in [0.2, 0.25) is 5.56 Å². The van der Waals surface area contributed by atoms with Crippen LogP contribution in [0.4, 0.5) is 5.69 Å². The van der Waals surface area contributed by atoms with E-state index in [0.717, 1.165) is 36.2 Å². The number of aromatic nitrogens is 4. The molecule has 0 atom stereocenters. The maximum Gasteiger partial charge on any atom is 0.347 e. The Balaban J connectivity index is 1.65. The standard InChI is InChI=1S/C15H17N5O2/c1-10-7-12(14-18-19-15(22)20(14)9-10)16-6-2-3-11-4-5-13(21)17-8-11/h4-5,7-9,16H,2-3,6H2,1H3,(H,17,21)(H,19,22). The minimum absolute atomic E-state index is 0.0898. The number of H-pyrrole nitrogens is 2. The second-order valence-corrected chi connectivity index (χ2v) is 5.25. The van der Waals surface area contributed by atoms with Crippen LogP contribution in [-0.2, 0) is 6.42 Å². The highest BCUT2D eigenvalue weighted by atomic mass is 16.1. The average molecular weight is 299 g/mol. The number of aromatic amines is 2. The molecule has 0 aliphatic heterocycles. The number of hydrogen-bond acceptors (Lipinski definition) is 4. The summed E-state index contributed by atoms with van der Waals surface area (Å²) in [7, 11) is 0. The maximum absolute atomic E-state index is 11.6. The van der Waals surface area contributed by atoms with Crippen molar-refractivity contribution >= 4 is 11.3 Å². The lowest BCUT2D eigenvalue weighted by atomic mass is 10.1. The van der Waals surface area contributed by atoms with Gasteiger partial charge in [-0.15, -0.1) is 0 Å². The van der Waals surface area contributed by atoms with Crippen molar-refractivity contribution in [3.8, 4) is 0 Å². The van der Waals surface area contributed by atoms with Crippen LogP contribution in [0, 0.1) is 6.92 Å². The fourth-order valence-electron chi connectivity index (χ4n) is 2.39. The molecule has 0 aliphatic carbocycles. The molecule has 3 aromatic heterocycles. The van der Waals surface area contributed by atoms with Crippen molar-refractivity contribution in [2.45, 2.75) is 19.8 Å². The van der Waals surface area contributed by atoms with Crippen LogP contribution in [0.2, 0.25) is 0 Å². The molecular formula is C15H17N5O2. The molecular weight excluding hydrogens is 282 g/mol. The number of pyridine rings is 2. The van der Waals surface area contributed by atoms with Gasteiger partial charge in [-0.3, -0.25) is 4.79 Å². The Labute approximate surface area is 126 Å². The van der Waals surface area contributed by atoms with Gasteiger partial charge in [-0.1, -0.05) is 6.07 Å². The Morgan fingerprint density at radius 2 is 2.18 bits per heavy atom. The smallest absolute Gasteiger partial charge is 0.347 e. The predicted octanol–water partition coefficient (Wildman–Crippen LogP) is 1.06. The van der Waals surface area contributed by atoms with Gasteiger partial charge in [0, 0.05) is 25.0 Å². The van der Waals surface area contributed by atoms with Gasteiger partial charge in [0.1, 0.15) is 0 Å². The third-order valence-electron chi connectivity index (χ3n) is 3.46. The van der Waals surface area contributed by atoms with E-state index in [0.29, 0.717) is 5.65 Å². The molecule has 3 rings (SSSR count). The monoisotopic (exact) mass is 299 g/mol. The second-order valence-electron chi connectivity index (χ2n) is 5.25. The molecule has 3 N–H and O–H groups in total. The first-order valence-electron chi connectivity index (χ1n) is 7.12. The van der Waals surface area contributed by atoms with E-state index < -0.39 is 0 Å². The Kier molecular flexibility index (Phi) is 3.78. The zero-order chi connectivity index (χ0) is 15.5. The van der Waals surface area contributed by atoms with Crippen molar-refractivity contribution in [1.29, 1.82) is 0 Å². The van der Waals surface area contributed by atoms with Gasteiger partial charge in [-0.2, -0.15) is 5.10 Å². The number of nitrogens with zero attached hydrogens (tertiary/aromatic N) is 2. The first kappa shape index (κ1) is 14.1. The Morgan fingerprint density at radius 3 is 2.95 bits per heavy atom. The Bertz CT molecular complexity index is 886. The third kappa shape index (κ3) is 2.93. The molecule has 0 radical (unpaired) electrons. The molecule has 22 heavy (non-hydrogen) atoms. The van der Waals surface area contributed by atoms with Crippen molar-refractivity contribution in [1.82, 2.24) is 19.6 Å². The highest BCUT2D eigenvalue weighted by Gasteiger charge is 2.06. The number of anilines is 1. The number of nitrogens with one attached hydrogen (secondary N) is 3. The lowest BCUT2D eigenvalue weighted by molar-refractivity contribution is 0.856. The van der Waals surface area contributed by atoms with E-state index in [-0.39, 0.29) is 11.2 Å². The van der Waals surface area contributed by atoms with E-state index in [4.69, 9.17) is 0 Å². The van der Waals surface area contributed by atoms with E-state index in [9.17, 15) is 9.59 Å². The number of fused-ring (bicyclic) bond motifs is 1. The lowest BCUT2D eigenvalue weighted by Crippen LogP contribution is -2.11. The Morgan fingerprint density at radius 1 is 1.32 bits per heavy atom. The molecule has 7 heteroatoms. The summed E-state index contributed by atoms with van der Waals surface area (Å²) >= 11 is 0. The van der Waals surface area contributed by atoms with E-state index in [1.807, 2.05) is 19.1 Å². The van der Waals surface area contributed by atoms with Crippen LogP contribution in [-0.4, -0.2) is 26.1 Å². The highest BCUT2D eigenvalue weighted by molar-refractivity contribution is 5.67. The topological polar surface area (TPSA) is 95.0 Å². The largest absolute Gasteiger partial charge is 0.382 e. The molecule has 0 spiro atoms. The molecule has 0 unspecified atom stereocenters. The fourth-order valence-corrected chi connectivity index (χ4v) is 2.39. The molecule has 3 heterocycles. The number of rotatable bonds is 5. The van der Waals surface area contributed by atoms with Gasteiger partial charge in [0.15, 0.2) is 5.65 Å². The molecule has 0 amide bonds. The SMILES string of the molecule is Cc1cc(NCCCc2ccc(=O)[nH]c2)c2n[nH]c(=O)n2c1. The summed E-state index contributed by atoms with van der Waals surface area (Å²) in [6.45, 7) is 2.68. The van der Waals surface area contributed by atoms with Crippen LogP contribution in [0.15, 0.2) is 40.2 Å². The van der Waals surface area contributed by atoms with E-state index in [2.05, 4.69) is 20.5 Å². The summed E-state index contributed by atoms with van der Waals surface area (Å²) in [6, 6.07) is 5.33.